The Kier molecular flexibility index (Phi) is 3.26. The summed E-state index contributed by atoms with van der Waals surface area (Å²) >= 11 is 0. The summed E-state index contributed by atoms with van der Waals surface area (Å²) < 4.78 is 43.6. The molecule has 0 spiro atoms. The monoisotopic (exact) mass is 285 g/mol. The number of para-hydroxylation sites is 1. The van der Waals surface area contributed by atoms with Gasteiger partial charge < -0.3 is 9.52 Å². The number of anilines is 1. The molecule has 100 valence electrons. The van der Waals surface area contributed by atoms with Crippen LogP contribution in [-0.2, 0) is 10.0 Å². The van der Waals surface area contributed by atoms with Crippen molar-refractivity contribution in [2.45, 2.75) is 5.09 Å². The van der Waals surface area contributed by atoms with E-state index in [0.29, 0.717) is 0 Å². The highest BCUT2D eigenvalue weighted by atomic mass is 32.2. The van der Waals surface area contributed by atoms with E-state index in [-0.39, 0.29) is 5.69 Å². The molecule has 0 atom stereocenters. The molecule has 0 unspecified atom stereocenters. The number of nitrogens with one attached hydrogen (secondary N) is 1. The first-order chi connectivity index (χ1) is 8.90. The van der Waals surface area contributed by atoms with Crippen LogP contribution in [0.15, 0.2) is 45.9 Å². The van der Waals surface area contributed by atoms with Crippen LogP contribution in [0.5, 0.6) is 0 Å². The van der Waals surface area contributed by atoms with Crippen molar-refractivity contribution >= 4 is 21.7 Å². The molecule has 1 aromatic heterocycles. The molecule has 8 heteroatoms. The van der Waals surface area contributed by atoms with Gasteiger partial charge in [0, 0.05) is 0 Å². The van der Waals surface area contributed by atoms with Crippen molar-refractivity contribution in [3.05, 3.63) is 48.0 Å². The number of hydrogen-bond donors (Lipinski definition) is 2. The molecule has 19 heavy (non-hydrogen) atoms. The maximum atomic E-state index is 13.3. The van der Waals surface area contributed by atoms with Gasteiger partial charge in [-0.1, -0.05) is 12.1 Å². The Morgan fingerprint density at radius 3 is 2.47 bits per heavy atom. The van der Waals surface area contributed by atoms with Gasteiger partial charge >= 0.3 is 5.97 Å². The summed E-state index contributed by atoms with van der Waals surface area (Å²) in [6.45, 7) is 0. The van der Waals surface area contributed by atoms with Crippen LogP contribution in [0.1, 0.15) is 10.6 Å². The van der Waals surface area contributed by atoms with Crippen LogP contribution in [0.25, 0.3) is 0 Å². The van der Waals surface area contributed by atoms with Gasteiger partial charge in [0.2, 0.25) is 10.9 Å². The van der Waals surface area contributed by atoms with Gasteiger partial charge in [-0.3, -0.25) is 4.72 Å². The topological polar surface area (TPSA) is 96.6 Å². The smallest absolute Gasteiger partial charge is 0.371 e. The Balaban J connectivity index is 2.32. The van der Waals surface area contributed by atoms with Crippen molar-refractivity contribution in [1.82, 2.24) is 0 Å². The van der Waals surface area contributed by atoms with Gasteiger partial charge in [-0.25, -0.2) is 9.18 Å². The van der Waals surface area contributed by atoms with Gasteiger partial charge in [0.05, 0.1) is 5.69 Å². The zero-order valence-corrected chi connectivity index (χ0v) is 10.1. The molecule has 2 N–H and O–H groups in total. The molecule has 0 bridgehead atoms. The molecule has 0 saturated heterocycles. The van der Waals surface area contributed by atoms with E-state index in [0.717, 1.165) is 18.2 Å². The van der Waals surface area contributed by atoms with Crippen molar-refractivity contribution in [2.24, 2.45) is 0 Å². The standard InChI is InChI=1S/C11H8FNO5S/c12-7-3-1-2-4-8(7)13-19(16,17)10-6-5-9(18-10)11(14)15/h1-6,13H,(H,14,15). The fourth-order valence-electron chi connectivity index (χ4n) is 1.32. The molecule has 0 aliphatic carbocycles. The normalized spacial score (nSPS) is 11.2. The largest absolute Gasteiger partial charge is 0.475 e. The molecule has 0 aliphatic rings. The lowest BCUT2D eigenvalue weighted by Crippen LogP contribution is -2.13. The third-order valence-corrected chi connectivity index (χ3v) is 3.41. The third kappa shape index (κ3) is 2.74. The number of carboxylic acids is 1. The molecule has 0 fully saturated rings. The number of sulfonamides is 1. The van der Waals surface area contributed by atoms with Gasteiger partial charge in [0.1, 0.15) is 5.82 Å². The van der Waals surface area contributed by atoms with Crippen LogP contribution in [0, 0.1) is 5.82 Å². The molecular weight excluding hydrogens is 277 g/mol. The molecule has 0 aliphatic heterocycles. The van der Waals surface area contributed by atoms with Gasteiger partial charge in [-0.2, -0.15) is 8.42 Å². The Hall–Kier alpha value is -2.35. The zero-order chi connectivity index (χ0) is 14.0. The Labute approximate surface area is 107 Å². The molecule has 2 rings (SSSR count). The maximum absolute atomic E-state index is 13.3. The summed E-state index contributed by atoms with van der Waals surface area (Å²) in [5.74, 6) is -2.67. The summed E-state index contributed by atoms with van der Waals surface area (Å²) in [5, 5.41) is 8.03. The maximum Gasteiger partial charge on any atom is 0.371 e. The van der Waals surface area contributed by atoms with E-state index >= 15 is 0 Å². The fourth-order valence-corrected chi connectivity index (χ4v) is 2.32. The Bertz CT molecular complexity index is 722. The molecule has 6 nitrogen and oxygen atoms in total. The Morgan fingerprint density at radius 1 is 1.21 bits per heavy atom. The highest BCUT2D eigenvalue weighted by Crippen LogP contribution is 2.20. The van der Waals surface area contributed by atoms with Gasteiger partial charge in [-0.05, 0) is 24.3 Å². The molecule has 1 heterocycles. The number of aromatic carboxylic acids is 1. The lowest BCUT2D eigenvalue weighted by Gasteiger charge is -2.06. The molecule has 1 aromatic carbocycles. The van der Waals surface area contributed by atoms with Crippen molar-refractivity contribution in [3.8, 4) is 0 Å². The highest BCUT2D eigenvalue weighted by Gasteiger charge is 2.22. The van der Waals surface area contributed by atoms with E-state index in [2.05, 4.69) is 4.42 Å². The predicted octanol–water partition coefficient (Wildman–Crippen LogP) is 1.92. The molecular formula is C11H8FNO5S. The molecule has 2 aromatic rings. The average molecular weight is 285 g/mol. The van der Waals surface area contributed by atoms with Crippen molar-refractivity contribution < 1.29 is 27.1 Å². The quantitative estimate of drug-likeness (QED) is 0.894. The fraction of sp³-hybridized carbons (Fsp3) is 0. The predicted molar refractivity (Wildman–Crippen MR) is 62.9 cm³/mol. The number of furan rings is 1. The second-order valence-electron chi connectivity index (χ2n) is 3.51. The number of benzene rings is 1. The first kappa shape index (κ1) is 13.1. The lowest BCUT2D eigenvalue weighted by atomic mass is 10.3. The number of halogens is 1. The second kappa shape index (κ2) is 4.73. The summed E-state index contributed by atoms with van der Waals surface area (Å²) in [6.07, 6.45) is 0. The number of hydrogen-bond acceptors (Lipinski definition) is 4. The van der Waals surface area contributed by atoms with Crippen LogP contribution in [-0.4, -0.2) is 19.5 Å². The average Bonchev–Trinajstić information content (AvgIpc) is 2.82. The third-order valence-electron chi connectivity index (χ3n) is 2.18. The van der Waals surface area contributed by atoms with Gasteiger partial charge in [0.25, 0.3) is 10.0 Å². The minimum absolute atomic E-state index is 0.254. The van der Waals surface area contributed by atoms with Crippen LogP contribution < -0.4 is 4.72 Å². The minimum atomic E-state index is -4.17. The number of rotatable bonds is 4. The van der Waals surface area contributed by atoms with Crippen LogP contribution in [0.3, 0.4) is 0 Å². The van der Waals surface area contributed by atoms with Crippen LogP contribution >= 0.6 is 0 Å². The van der Waals surface area contributed by atoms with E-state index in [9.17, 15) is 17.6 Å². The Morgan fingerprint density at radius 2 is 1.89 bits per heavy atom. The zero-order valence-electron chi connectivity index (χ0n) is 9.33. The van der Waals surface area contributed by atoms with E-state index in [1.54, 1.807) is 0 Å². The first-order valence-electron chi connectivity index (χ1n) is 5.00. The summed E-state index contributed by atoms with van der Waals surface area (Å²) in [7, 11) is -4.17. The summed E-state index contributed by atoms with van der Waals surface area (Å²) in [4.78, 5) is 10.6. The first-order valence-corrected chi connectivity index (χ1v) is 6.49. The van der Waals surface area contributed by atoms with E-state index in [1.807, 2.05) is 4.72 Å². The minimum Gasteiger partial charge on any atom is -0.475 e. The number of carbonyl (C=O) groups is 1. The second-order valence-corrected chi connectivity index (χ2v) is 5.12. The van der Waals surface area contributed by atoms with Crippen molar-refractivity contribution in [2.75, 3.05) is 4.72 Å². The van der Waals surface area contributed by atoms with E-state index in [1.165, 1.54) is 18.2 Å². The SMILES string of the molecule is O=C(O)c1ccc(S(=O)(=O)Nc2ccccc2F)o1. The van der Waals surface area contributed by atoms with Crippen LogP contribution in [0.2, 0.25) is 0 Å². The van der Waals surface area contributed by atoms with Crippen molar-refractivity contribution in [3.63, 3.8) is 0 Å². The summed E-state index contributed by atoms with van der Waals surface area (Å²) in [5.41, 5.74) is -0.254. The van der Waals surface area contributed by atoms with Gasteiger partial charge in [-0.15, -0.1) is 0 Å². The lowest BCUT2D eigenvalue weighted by molar-refractivity contribution is 0.0656. The highest BCUT2D eigenvalue weighted by molar-refractivity contribution is 7.92. The van der Waals surface area contributed by atoms with Crippen molar-refractivity contribution in [1.29, 1.82) is 0 Å². The number of carboxylic acid groups (broad SMARTS) is 1. The molecule has 0 saturated carbocycles. The van der Waals surface area contributed by atoms with Crippen LogP contribution in [0.4, 0.5) is 10.1 Å². The van der Waals surface area contributed by atoms with E-state index in [4.69, 9.17) is 5.11 Å². The molecule has 0 amide bonds. The van der Waals surface area contributed by atoms with Gasteiger partial charge in [0.15, 0.2) is 0 Å². The summed E-state index contributed by atoms with van der Waals surface area (Å²) in [6, 6.07) is 7.15. The van der Waals surface area contributed by atoms with E-state index < -0.39 is 32.7 Å². The molecule has 0 radical (unpaired) electrons.